The summed E-state index contributed by atoms with van der Waals surface area (Å²) < 4.78 is 1.73. The molecule has 1 heterocycles. The number of hydrogen-bond acceptors (Lipinski definition) is 4. The van der Waals surface area contributed by atoms with E-state index in [1.54, 1.807) is 49.1 Å². The van der Waals surface area contributed by atoms with Crippen LogP contribution in [0.1, 0.15) is 30.5 Å². The summed E-state index contributed by atoms with van der Waals surface area (Å²) in [5.41, 5.74) is 0.575. The van der Waals surface area contributed by atoms with Crippen molar-refractivity contribution in [2.75, 3.05) is 6.54 Å². The first-order chi connectivity index (χ1) is 10.5. The predicted octanol–water partition coefficient (Wildman–Crippen LogP) is 1.56. The van der Waals surface area contributed by atoms with Gasteiger partial charge in [-0.1, -0.05) is 29.8 Å². The predicted molar refractivity (Wildman–Crippen MR) is 82.4 cm³/mol. The molecule has 0 saturated heterocycles. The Morgan fingerprint density at radius 1 is 1.45 bits per heavy atom. The van der Waals surface area contributed by atoms with E-state index in [9.17, 15) is 9.90 Å². The molecule has 0 bridgehead atoms. The molecule has 0 aliphatic carbocycles. The maximum absolute atomic E-state index is 11.9. The van der Waals surface area contributed by atoms with Gasteiger partial charge >= 0.3 is 6.03 Å². The van der Waals surface area contributed by atoms with Crippen molar-refractivity contribution in [1.29, 1.82) is 0 Å². The van der Waals surface area contributed by atoms with E-state index in [4.69, 9.17) is 11.6 Å². The molecule has 7 nitrogen and oxygen atoms in total. The Labute approximate surface area is 133 Å². The smallest absolute Gasteiger partial charge is 0.315 e. The highest BCUT2D eigenvalue weighted by atomic mass is 35.5. The van der Waals surface area contributed by atoms with Crippen molar-refractivity contribution in [3.8, 4) is 0 Å². The van der Waals surface area contributed by atoms with Crippen LogP contribution < -0.4 is 10.6 Å². The van der Waals surface area contributed by atoms with Gasteiger partial charge in [-0.3, -0.25) is 0 Å². The SMILES string of the molecule is CC(NC(=O)NCC(O)c1ccccc1Cl)c1nncn1C. The van der Waals surface area contributed by atoms with Gasteiger partial charge < -0.3 is 20.3 Å². The Bertz CT molecular complexity index is 646. The summed E-state index contributed by atoms with van der Waals surface area (Å²) in [7, 11) is 1.80. The maximum atomic E-state index is 11.9. The molecule has 118 valence electrons. The first-order valence-corrected chi connectivity index (χ1v) is 7.17. The number of carbonyl (C=O) groups is 1. The average Bonchev–Trinajstić information content (AvgIpc) is 2.91. The number of hydrogen-bond donors (Lipinski definition) is 3. The molecule has 0 aliphatic heterocycles. The lowest BCUT2D eigenvalue weighted by Gasteiger charge is -2.16. The molecule has 1 aromatic carbocycles. The van der Waals surface area contributed by atoms with Crippen LogP contribution >= 0.6 is 11.6 Å². The fraction of sp³-hybridized carbons (Fsp3) is 0.357. The summed E-state index contributed by atoms with van der Waals surface area (Å²) in [6, 6.07) is 6.26. The zero-order valence-electron chi connectivity index (χ0n) is 12.3. The summed E-state index contributed by atoms with van der Waals surface area (Å²) in [6.07, 6.45) is 0.691. The van der Waals surface area contributed by atoms with Crippen molar-refractivity contribution in [3.05, 3.63) is 47.0 Å². The van der Waals surface area contributed by atoms with Gasteiger partial charge in [0.05, 0.1) is 12.1 Å². The van der Waals surface area contributed by atoms with Gasteiger partial charge in [-0.15, -0.1) is 10.2 Å². The molecule has 1 aromatic heterocycles. The molecule has 0 aliphatic rings. The molecule has 2 amide bonds. The third kappa shape index (κ3) is 3.96. The van der Waals surface area contributed by atoms with E-state index in [1.807, 2.05) is 0 Å². The third-order valence-electron chi connectivity index (χ3n) is 3.20. The number of rotatable bonds is 5. The fourth-order valence-corrected chi connectivity index (χ4v) is 2.30. The lowest BCUT2D eigenvalue weighted by molar-refractivity contribution is 0.172. The number of aliphatic hydroxyl groups excluding tert-OH is 1. The van der Waals surface area contributed by atoms with Crippen LogP contribution in [0.2, 0.25) is 5.02 Å². The van der Waals surface area contributed by atoms with Gasteiger partial charge in [-0.25, -0.2) is 4.79 Å². The van der Waals surface area contributed by atoms with Crippen molar-refractivity contribution in [2.24, 2.45) is 7.05 Å². The topological polar surface area (TPSA) is 92.1 Å². The molecular weight excluding hydrogens is 306 g/mol. The van der Waals surface area contributed by atoms with Crippen LogP contribution in [-0.2, 0) is 7.05 Å². The second-order valence-corrected chi connectivity index (χ2v) is 5.32. The minimum Gasteiger partial charge on any atom is -0.387 e. The first-order valence-electron chi connectivity index (χ1n) is 6.79. The number of nitrogens with one attached hydrogen (secondary N) is 2. The molecule has 8 heteroatoms. The second kappa shape index (κ2) is 7.24. The third-order valence-corrected chi connectivity index (χ3v) is 3.55. The summed E-state index contributed by atoms with van der Waals surface area (Å²) in [4.78, 5) is 11.9. The molecule has 2 unspecified atom stereocenters. The second-order valence-electron chi connectivity index (χ2n) is 4.91. The van der Waals surface area contributed by atoms with Gasteiger partial charge in [0.25, 0.3) is 0 Å². The Morgan fingerprint density at radius 2 is 2.18 bits per heavy atom. The van der Waals surface area contributed by atoms with Crippen LogP contribution in [0.25, 0.3) is 0 Å². The summed E-state index contributed by atoms with van der Waals surface area (Å²) in [6.45, 7) is 1.86. The zero-order valence-corrected chi connectivity index (χ0v) is 13.1. The molecule has 0 spiro atoms. The molecule has 0 fully saturated rings. The van der Waals surface area contributed by atoms with E-state index in [-0.39, 0.29) is 12.6 Å². The molecule has 2 atom stereocenters. The van der Waals surface area contributed by atoms with Crippen molar-refractivity contribution in [2.45, 2.75) is 19.1 Å². The van der Waals surface area contributed by atoms with E-state index in [0.717, 1.165) is 0 Å². The molecule has 2 aromatic rings. The number of amides is 2. The molecule has 3 N–H and O–H groups in total. The monoisotopic (exact) mass is 323 g/mol. The summed E-state index contributed by atoms with van der Waals surface area (Å²) >= 11 is 6.00. The molecular formula is C14H18ClN5O2. The lowest BCUT2D eigenvalue weighted by Crippen LogP contribution is -2.39. The van der Waals surface area contributed by atoms with Crippen molar-refractivity contribution >= 4 is 17.6 Å². The maximum Gasteiger partial charge on any atom is 0.315 e. The van der Waals surface area contributed by atoms with Crippen LogP contribution in [0.5, 0.6) is 0 Å². The highest BCUT2D eigenvalue weighted by Gasteiger charge is 2.16. The van der Waals surface area contributed by atoms with Crippen LogP contribution in [0, 0.1) is 0 Å². The fourth-order valence-electron chi connectivity index (χ4n) is 2.04. The van der Waals surface area contributed by atoms with Gasteiger partial charge in [-0.05, 0) is 13.0 Å². The number of benzene rings is 1. The Morgan fingerprint density at radius 3 is 2.82 bits per heavy atom. The van der Waals surface area contributed by atoms with Crippen LogP contribution in [0.4, 0.5) is 4.79 Å². The van der Waals surface area contributed by atoms with E-state index in [0.29, 0.717) is 16.4 Å². The van der Waals surface area contributed by atoms with Crippen molar-refractivity contribution in [3.63, 3.8) is 0 Å². The first kappa shape index (κ1) is 16.3. The van der Waals surface area contributed by atoms with Crippen LogP contribution in [0.15, 0.2) is 30.6 Å². The highest BCUT2D eigenvalue weighted by Crippen LogP contribution is 2.21. The number of halogens is 1. The van der Waals surface area contributed by atoms with Gasteiger partial charge in [0, 0.05) is 24.2 Å². The summed E-state index contributed by atoms with van der Waals surface area (Å²) in [5, 5.41) is 23.5. The van der Waals surface area contributed by atoms with Gasteiger partial charge in [-0.2, -0.15) is 0 Å². The van der Waals surface area contributed by atoms with Crippen LogP contribution in [0.3, 0.4) is 0 Å². The number of aryl methyl sites for hydroxylation is 1. The molecule has 0 saturated carbocycles. The number of aliphatic hydroxyl groups is 1. The quantitative estimate of drug-likeness (QED) is 0.778. The minimum absolute atomic E-state index is 0.0566. The van der Waals surface area contributed by atoms with E-state index in [2.05, 4.69) is 20.8 Å². The van der Waals surface area contributed by atoms with E-state index >= 15 is 0 Å². The molecule has 2 rings (SSSR count). The number of aromatic nitrogens is 3. The number of carbonyl (C=O) groups excluding carboxylic acids is 1. The molecule has 0 radical (unpaired) electrons. The standard InChI is InChI=1S/C14H18ClN5O2/c1-9(13-19-17-8-20(13)2)18-14(22)16-7-12(21)10-5-3-4-6-11(10)15/h3-6,8-9,12,21H,7H2,1-2H3,(H2,16,18,22). The highest BCUT2D eigenvalue weighted by molar-refractivity contribution is 6.31. The van der Waals surface area contributed by atoms with Gasteiger partial charge in [0.1, 0.15) is 6.33 Å². The van der Waals surface area contributed by atoms with Crippen LogP contribution in [-0.4, -0.2) is 32.4 Å². The van der Waals surface area contributed by atoms with E-state index in [1.165, 1.54) is 0 Å². The lowest BCUT2D eigenvalue weighted by atomic mass is 10.1. The minimum atomic E-state index is -0.871. The number of nitrogens with zero attached hydrogens (tertiary/aromatic N) is 3. The summed E-state index contributed by atoms with van der Waals surface area (Å²) in [5.74, 6) is 0.641. The van der Waals surface area contributed by atoms with Crippen molar-refractivity contribution < 1.29 is 9.90 Å². The Hall–Kier alpha value is -2.12. The average molecular weight is 324 g/mol. The number of urea groups is 1. The van der Waals surface area contributed by atoms with E-state index < -0.39 is 12.1 Å². The van der Waals surface area contributed by atoms with Gasteiger partial charge in [0.2, 0.25) is 0 Å². The van der Waals surface area contributed by atoms with Crippen molar-refractivity contribution in [1.82, 2.24) is 25.4 Å². The zero-order chi connectivity index (χ0) is 16.1. The Kier molecular flexibility index (Phi) is 5.35. The molecule has 22 heavy (non-hydrogen) atoms. The van der Waals surface area contributed by atoms with Gasteiger partial charge in [0.15, 0.2) is 5.82 Å². The Balaban J connectivity index is 1.85. The normalized spacial score (nSPS) is 13.5. The largest absolute Gasteiger partial charge is 0.387 e.